The standard InChI is InChI=1S/C25H25N5O2S/c1-17-8-5-6-12-21(17)30-23-20(15-27-30)24(32)29-19(16-33-25(29)28-23)14-22(31)26-13-7-11-18-9-3-2-4-10-18/h2-6,8-10,12,15,19H,7,11,13-14,16H2,1H3,(H,26,31). The molecule has 1 amide bonds. The van der Waals surface area contributed by atoms with E-state index in [2.05, 4.69) is 22.5 Å². The number of aromatic nitrogens is 4. The third-order valence-corrected chi connectivity index (χ3v) is 7.04. The van der Waals surface area contributed by atoms with Gasteiger partial charge >= 0.3 is 0 Å². The fourth-order valence-corrected chi connectivity index (χ4v) is 5.34. The lowest BCUT2D eigenvalue weighted by molar-refractivity contribution is -0.121. The van der Waals surface area contributed by atoms with Crippen LogP contribution < -0.4 is 10.9 Å². The van der Waals surface area contributed by atoms with Crippen LogP contribution in [0.3, 0.4) is 0 Å². The Hall–Kier alpha value is -3.39. The summed E-state index contributed by atoms with van der Waals surface area (Å²) in [6.45, 7) is 2.63. The number of amides is 1. The quantitative estimate of drug-likeness (QED) is 0.337. The Kier molecular flexibility index (Phi) is 6.00. The molecule has 33 heavy (non-hydrogen) atoms. The molecule has 1 aliphatic rings. The molecule has 0 saturated carbocycles. The third-order valence-electron chi connectivity index (χ3n) is 5.94. The lowest BCUT2D eigenvalue weighted by Gasteiger charge is -2.13. The Morgan fingerprint density at radius 3 is 2.76 bits per heavy atom. The lowest BCUT2D eigenvalue weighted by atomic mass is 10.1. The zero-order valence-electron chi connectivity index (χ0n) is 18.4. The second kappa shape index (κ2) is 9.23. The van der Waals surface area contributed by atoms with Crippen LogP contribution in [0.5, 0.6) is 0 Å². The highest BCUT2D eigenvalue weighted by molar-refractivity contribution is 7.99. The maximum Gasteiger partial charge on any atom is 0.265 e. The first-order chi connectivity index (χ1) is 16.1. The minimum absolute atomic E-state index is 0.0379. The van der Waals surface area contributed by atoms with Crippen LogP contribution in [0.4, 0.5) is 0 Å². The zero-order valence-corrected chi connectivity index (χ0v) is 19.2. The molecular weight excluding hydrogens is 434 g/mol. The van der Waals surface area contributed by atoms with E-state index in [4.69, 9.17) is 4.98 Å². The molecular formula is C25H25N5O2S. The van der Waals surface area contributed by atoms with Crippen LogP contribution >= 0.6 is 11.8 Å². The first-order valence-electron chi connectivity index (χ1n) is 11.1. The van der Waals surface area contributed by atoms with Crippen molar-refractivity contribution in [1.29, 1.82) is 0 Å². The van der Waals surface area contributed by atoms with E-state index in [1.165, 1.54) is 17.3 Å². The number of hydrogen-bond acceptors (Lipinski definition) is 5. The Bertz CT molecular complexity index is 1360. The van der Waals surface area contributed by atoms with Gasteiger partial charge in [-0.2, -0.15) is 5.10 Å². The van der Waals surface area contributed by atoms with Gasteiger partial charge < -0.3 is 5.32 Å². The molecule has 1 atom stereocenters. The molecule has 168 valence electrons. The molecule has 1 N–H and O–H groups in total. The first-order valence-corrected chi connectivity index (χ1v) is 12.1. The molecule has 1 aliphatic heterocycles. The smallest absolute Gasteiger partial charge is 0.265 e. The van der Waals surface area contributed by atoms with Crippen LogP contribution in [0.1, 0.15) is 30.0 Å². The molecule has 0 fully saturated rings. The highest BCUT2D eigenvalue weighted by Crippen LogP contribution is 2.33. The van der Waals surface area contributed by atoms with E-state index in [0.717, 1.165) is 24.1 Å². The van der Waals surface area contributed by atoms with Crippen molar-refractivity contribution in [3.63, 3.8) is 0 Å². The minimum atomic E-state index is -0.203. The van der Waals surface area contributed by atoms with Gasteiger partial charge in [0.2, 0.25) is 5.91 Å². The van der Waals surface area contributed by atoms with Gasteiger partial charge in [-0.1, -0.05) is 60.3 Å². The highest BCUT2D eigenvalue weighted by Gasteiger charge is 2.29. The van der Waals surface area contributed by atoms with Crippen molar-refractivity contribution < 1.29 is 4.79 Å². The molecule has 0 bridgehead atoms. The number of para-hydroxylation sites is 1. The number of nitrogens with zero attached hydrogens (tertiary/aromatic N) is 4. The van der Waals surface area contributed by atoms with Gasteiger partial charge in [0.15, 0.2) is 10.8 Å². The second-order valence-electron chi connectivity index (χ2n) is 8.26. The number of hydrogen-bond donors (Lipinski definition) is 1. The fraction of sp³-hybridized carbons (Fsp3) is 0.280. The molecule has 3 heterocycles. The number of carbonyl (C=O) groups is 1. The summed E-state index contributed by atoms with van der Waals surface area (Å²) in [4.78, 5) is 30.6. The number of fused-ring (bicyclic) bond motifs is 2. The molecule has 2 aromatic carbocycles. The Balaban J connectivity index is 1.29. The summed E-state index contributed by atoms with van der Waals surface area (Å²) in [5.74, 6) is 0.619. The Morgan fingerprint density at radius 1 is 1.15 bits per heavy atom. The van der Waals surface area contributed by atoms with Gasteiger partial charge in [0.25, 0.3) is 5.56 Å². The van der Waals surface area contributed by atoms with Crippen LogP contribution in [-0.4, -0.2) is 37.5 Å². The van der Waals surface area contributed by atoms with Gasteiger partial charge in [-0.25, -0.2) is 9.67 Å². The zero-order chi connectivity index (χ0) is 22.8. The van der Waals surface area contributed by atoms with Crippen molar-refractivity contribution in [3.8, 4) is 5.69 Å². The van der Waals surface area contributed by atoms with Gasteiger partial charge in [0.05, 0.1) is 17.9 Å². The maximum atomic E-state index is 13.3. The molecule has 0 aliphatic carbocycles. The predicted octanol–water partition coefficient (Wildman–Crippen LogP) is 3.68. The molecule has 0 spiro atoms. The summed E-state index contributed by atoms with van der Waals surface area (Å²) in [7, 11) is 0. The molecule has 8 heteroatoms. The van der Waals surface area contributed by atoms with E-state index in [0.29, 0.717) is 28.5 Å². The average molecular weight is 460 g/mol. The predicted molar refractivity (Wildman–Crippen MR) is 130 cm³/mol. The van der Waals surface area contributed by atoms with E-state index >= 15 is 0 Å². The summed E-state index contributed by atoms with van der Waals surface area (Å²) in [5, 5.41) is 8.55. The summed E-state index contributed by atoms with van der Waals surface area (Å²) in [5.41, 5.74) is 3.64. The SMILES string of the molecule is Cc1ccccc1-n1ncc2c(=O)n3c(nc21)SCC3CC(=O)NCCCc1ccccc1. The van der Waals surface area contributed by atoms with Crippen LogP contribution in [0.25, 0.3) is 16.7 Å². The average Bonchev–Trinajstić information content (AvgIpc) is 3.43. The van der Waals surface area contributed by atoms with Crippen molar-refractivity contribution in [2.24, 2.45) is 0 Å². The molecule has 4 aromatic rings. The van der Waals surface area contributed by atoms with Crippen molar-refractivity contribution in [2.45, 2.75) is 37.4 Å². The number of rotatable bonds is 7. The van der Waals surface area contributed by atoms with Gasteiger partial charge in [0, 0.05) is 18.7 Å². The molecule has 1 unspecified atom stereocenters. The van der Waals surface area contributed by atoms with Crippen molar-refractivity contribution in [2.75, 3.05) is 12.3 Å². The molecule has 7 nitrogen and oxygen atoms in total. The molecule has 0 saturated heterocycles. The number of nitrogens with one attached hydrogen (secondary N) is 1. The number of carbonyl (C=O) groups excluding carboxylic acids is 1. The van der Waals surface area contributed by atoms with Crippen molar-refractivity contribution >= 4 is 28.7 Å². The van der Waals surface area contributed by atoms with Crippen molar-refractivity contribution in [1.82, 2.24) is 24.6 Å². The topological polar surface area (TPSA) is 81.8 Å². The largest absolute Gasteiger partial charge is 0.356 e. The Labute approximate surface area is 195 Å². The van der Waals surface area contributed by atoms with Crippen LogP contribution in [0, 0.1) is 6.92 Å². The Morgan fingerprint density at radius 2 is 1.94 bits per heavy atom. The minimum Gasteiger partial charge on any atom is -0.356 e. The summed E-state index contributed by atoms with van der Waals surface area (Å²) < 4.78 is 3.39. The van der Waals surface area contributed by atoms with Gasteiger partial charge in [-0.3, -0.25) is 14.2 Å². The van der Waals surface area contributed by atoms with Crippen LogP contribution in [-0.2, 0) is 11.2 Å². The highest BCUT2D eigenvalue weighted by atomic mass is 32.2. The monoisotopic (exact) mass is 459 g/mol. The first kappa shape index (κ1) is 21.5. The van der Waals surface area contributed by atoms with E-state index in [9.17, 15) is 9.59 Å². The summed E-state index contributed by atoms with van der Waals surface area (Å²) >= 11 is 1.51. The van der Waals surface area contributed by atoms with E-state index in [-0.39, 0.29) is 23.9 Å². The lowest BCUT2D eigenvalue weighted by Crippen LogP contribution is -2.31. The molecule has 5 rings (SSSR count). The second-order valence-corrected chi connectivity index (χ2v) is 9.24. The number of aryl methyl sites for hydroxylation is 2. The number of benzene rings is 2. The summed E-state index contributed by atoms with van der Waals surface area (Å²) in [6.07, 6.45) is 3.65. The van der Waals surface area contributed by atoms with Gasteiger partial charge in [-0.05, 0) is 37.0 Å². The molecule has 2 aromatic heterocycles. The van der Waals surface area contributed by atoms with Crippen LogP contribution in [0.15, 0.2) is 70.7 Å². The van der Waals surface area contributed by atoms with Crippen molar-refractivity contribution in [3.05, 3.63) is 82.3 Å². The van der Waals surface area contributed by atoms with Gasteiger partial charge in [-0.15, -0.1) is 0 Å². The van der Waals surface area contributed by atoms with E-state index in [1.807, 2.05) is 49.4 Å². The molecule has 0 radical (unpaired) electrons. The normalized spacial score (nSPS) is 15.0. The summed E-state index contributed by atoms with van der Waals surface area (Å²) in [6, 6.07) is 17.9. The maximum absolute atomic E-state index is 13.3. The third kappa shape index (κ3) is 4.30. The fourth-order valence-electron chi connectivity index (χ4n) is 4.21. The van der Waals surface area contributed by atoms with Gasteiger partial charge in [0.1, 0.15) is 5.39 Å². The van der Waals surface area contributed by atoms with E-state index in [1.54, 1.807) is 15.4 Å². The van der Waals surface area contributed by atoms with E-state index < -0.39 is 0 Å². The number of thioether (sulfide) groups is 1. The van der Waals surface area contributed by atoms with Crippen LogP contribution in [0.2, 0.25) is 0 Å².